The second-order valence-electron chi connectivity index (χ2n) is 2.80. The minimum absolute atomic E-state index is 0. The van der Waals surface area contributed by atoms with Crippen molar-refractivity contribution < 1.29 is 55.8 Å². The summed E-state index contributed by atoms with van der Waals surface area (Å²) in [6, 6.07) is 2.00. The Morgan fingerprint density at radius 1 is 1.13 bits per heavy atom. The third-order valence-corrected chi connectivity index (χ3v) is 1.91. The van der Waals surface area contributed by atoms with Crippen molar-refractivity contribution in [3.05, 3.63) is 34.4 Å². The first-order chi connectivity index (χ1) is 6.52. The number of halogens is 2. The molecule has 0 aliphatic carbocycles. The first-order valence-corrected chi connectivity index (χ1v) is 3.69. The molecular weight excluding hydrogens is 283 g/mol. The molecule has 0 N–H and O–H groups in total. The summed E-state index contributed by atoms with van der Waals surface area (Å²) in [5, 5.41) is 0. The van der Waals surface area contributed by atoms with Gasteiger partial charge < -0.3 is 4.74 Å². The molecule has 0 amide bonds. The second kappa shape index (κ2) is 4.06. The maximum absolute atomic E-state index is 13.3. The van der Waals surface area contributed by atoms with E-state index < -0.39 is 34.7 Å². The Bertz CT molecular complexity index is 471. The van der Waals surface area contributed by atoms with Gasteiger partial charge in [-0.3, -0.25) is 9.18 Å². The van der Waals surface area contributed by atoms with Crippen molar-refractivity contribution in [2.45, 2.75) is 6.92 Å². The molecule has 2 rings (SSSR count). The van der Waals surface area contributed by atoms with E-state index in [2.05, 4.69) is 4.74 Å². The Morgan fingerprint density at radius 3 is 2.27 bits per heavy atom. The first kappa shape index (κ1) is 12.4. The molecule has 1 aliphatic heterocycles. The number of rotatable bonds is 0. The Balaban J connectivity index is 0.00000112. The van der Waals surface area contributed by atoms with E-state index in [0.29, 0.717) is 0 Å². The van der Waals surface area contributed by atoms with Gasteiger partial charge in [0.25, 0.3) is 5.97 Å². The Hall–Kier alpha value is -0.676. The van der Waals surface area contributed by atoms with Gasteiger partial charge in [-0.15, -0.1) is 11.6 Å². The van der Waals surface area contributed by atoms with Crippen LogP contribution in [0, 0.1) is 24.6 Å². The van der Waals surface area contributed by atoms with Gasteiger partial charge in [-0.2, -0.15) is 0 Å². The van der Waals surface area contributed by atoms with Crippen LogP contribution >= 0.6 is 0 Å². The van der Waals surface area contributed by atoms with Crippen LogP contribution in [0.1, 0.15) is 26.3 Å². The number of fused-ring (bicyclic) bond motifs is 1. The molecule has 1 radical (unpaired) electrons. The summed E-state index contributed by atoms with van der Waals surface area (Å²) in [6.07, 6.45) is 0. The van der Waals surface area contributed by atoms with Crippen molar-refractivity contribution in [1.29, 1.82) is 0 Å². The van der Waals surface area contributed by atoms with Gasteiger partial charge >= 0.3 is 5.97 Å². The van der Waals surface area contributed by atoms with Gasteiger partial charge in [0, 0.05) is 55.5 Å². The van der Waals surface area contributed by atoms with E-state index >= 15 is 0 Å². The molecule has 0 bridgehead atoms. The number of ether oxygens (including phenoxy) is 1. The predicted octanol–water partition coefficient (Wildman–Crippen LogP) is 1.38. The molecule has 75 valence electrons. The number of carbonyl (C=O) groups excluding carboxylic acids is 2. The molecule has 1 heterocycles. The van der Waals surface area contributed by atoms with Crippen molar-refractivity contribution in [2.75, 3.05) is 0 Å². The van der Waals surface area contributed by atoms with E-state index in [0.717, 1.165) is 0 Å². The fourth-order valence-corrected chi connectivity index (χ4v) is 1.26. The topological polar surface area (TPSA) is 43.4 Å². The number of benzene rings is 1. The van der Waals surface area contributed by atoms with Gasteiger partial charge in [0.1, 0.15) is 0 Å². The molecule has 0 unspecified atom stereocenters. The summed E-state index contributed by atoms with van der Waals surface area (Å²) in [5.74, 6) is -4.34. The summed E-state index contributed by atoms with van der Waals surface area (Å²) in [5.41, 5.74) is -1.46. The molecule has 1 aliphatic rings. The van der Waals surface area contributed by atoms with Gasteiger partial charge in [0.15, 0.2) is 0 Å². The van der Waals surface area contributed by atoms with Gasteiger partial charge in [0.05, 0.1) is 0 Å². The van der Waals surface area contributed by atoms with E-state index in [-0.39, 0.29) is 38.3 Å². The number of carbonyl (C=O) groups is 2. The van der Waals surface area contributed by atoms with Crippen molar-refractivity contribution in [3.8, 4) is 0 Å². The Kier molecular flexibility index (Phi) is 3.36. The van der Waals surface area contributed by atoms with Gasteiger partial charge in [-0.1, -0.05) is 6.92 Å². The van der Waals surface area contributed by atoms with Crippen LogP contribution in [-0.2, 0) is 37.4 Å². The molecule has 0 aromatic heterocycles. The molecule has 3 nitrogen and oxygen atoms in total. The smallest absolute Gasteiger partial charge is 0.324 e. The minimum atomic E-state index is -1.17. The zero-order valence-corrected chi connectivity index (χ0v) is 10.4. The van der Waals surface area contributed by atoms with Crippen molar-refractivity contribution in [2.24, 2.45) is 0 Å². The number of cyclic esters (lactones) is 2. The quantitative estimate of drug-likeness (QED) is 0.411. The van der Waals surface area contributed by atoms with Gasteiger partial charge in [-0.05, 0) is 0 Å². The second-order valence-corrected chi connectivity index (χ2v) is 2.80. The Labute approximate surface area is 109 Å². The zero-order chi connectivity index (χ0) is 10.5. The normalized spacial score (nSPS) is 13.3. The van der Waals surface area contributed by atoms with E-state index in [1.54, 1.807) is 0 Å². The molecule has 0 fully saturated rings. The van der Waals surface area contributed by atoms with Crippen LogP contribution in [0.15, 0.2) is 0 Å². The molecule has 0 atom stereocenters. The van der Waals surface area contributed by atoms with E-state index in [1.165, 1.54) is 6.92 Å². The van der Waals surface area contributed by atoms with Crippen LogP contribution in [0.5, 0.6) is 0 Å². The van der Waals surface area contributed by atoms with E-state index in [1.807, 2.05) is 6.07 Å². The molecule has 0 spiro atoms. The molecule has 0 saturated carbocycles. The fourth-order valence-electron chi connectivity index (χ4n) is 1.26. The summed E-state index contributed by atoms with van der Waals surface area (Å²) in [7, 11) is 0. The summed E-state index contributed by atoms with van der Waals surface area (Å²) in [6.45, 7) is 1.24. The molecule has 1 aromatic rings. The summed E-state index contributed by atoms with van der Waals surface area (Å²) in [4.78, 5) is 21.8. The van der Waals surface area contributed by atoms with Gasteiger partial charge in [0.2, 0.25) is 0 Å². The largest absolute Gasteiger partial charge is 0.397 e. The molecule has 15 heavy (non-hydrogen) atoms. The maximum atomic E-state index is 13.3. The van der Waals surface area contributed by atoms with Crippen molar-refractivity contribution >= 4 is 11.9 Å². The van der Waals surface area contributed by atoms with E-state index in [4.69, 9.17) is 0 Å². The number of esters is 2. The molecule has 0 saturated heterocycles. The third-order valence-electron chi connectivity index (χ3n) is 1.91. The maximum Gasteiger partial charge on any atom is 0.324 e. The van der Waals surface area contributed by atoms with Crippen LogP contribution in [0.25, 0.3) is 0 Å². The SMILES string of the molecule is Cc1[c-]c(F)c2c(c1F)C(=O)OC2=O.[Y]. The number of aryl methyl sites for hydroxylation is 1. The molecular formula is C9H3F2O3Y-. The molecule has 1 aromatic carbocycles. The predicted molar refractivity (Wildman–Crippen MR) is 39.7 cm³/mol. The van der Waals surface area contributed by atoms with Crippen molar-refractivity contribution in [3.63, 3.8) is 0 Å². The average molecular weight is 286 g/mol. The van der Waals surface area contributed by atoms with Crippen LogP contribution in [-0.4, -0.2) is 11.9 Å². The first-order valence-electron chi connectivity index (χ1n) is 3.69. The summed E-state index contributed by atoms with van der Waals surface area (Å²) < 4.78 is 30.4. The van der Waals surface area contributed by atoms with Crippen LogP contribution in [0.3, 0.4) is 0 Å². The number of hydrogen-bond acceptors (Lipinski definition) is 3. The summed E-state index contributed by atoms with van der Waals surface area (Å²) >= 11 is 0. The Morgan fingerprint density at radius 2 is 1.67 bits per heavy atom. The molecule has 6 heteroatoms. The average Bonchev–Trinajstić information content (AvgIpc) is 2.38. The number of hydrogen-bond donors (Lipinski definition) is 0. The monoisotopic (exact) mass is 286 g/mol. The van der Waals surface area contributed by atoms with Crippen LogP contribution in [0.2, 0.25) is 0 Å². The van der Waals surface area contributed by atoms with Crippen molar-refractivity contribution in [1.82, 2.24) is 0 Å². The van der Waals surface area contributed by atoms with E-state index in [9.17, 15) is 18.4 Å². The third kappa shape index (κ3) is 1.74. The standard InChI is InChI=1S/C9H3F2O3.Y/c1-3-2-4(10)5-6(7(3)11)9(13)14-8(5)12;/h1H3;/q-1;. The fraction of sp³-hybridized carbons (Fsp3) is 0.111. The van der Waals surface area contributed by atoms with Crippen LogP contribution < -0.4 is 0 Å². The minimum Gasteiger partial charge on any atom is -0.397 e. The van der Waals surface area contributed by atoms with Crippen LogP contribution in [0.4, 0.5) is 8.78 Å². The zero-order valence-electron chi connectivity index (χ0n) is 7.56. The van der Waals surface area contributed by atoms with Gasteiger partial charge in [-0.25, -0.2) is 9.18 Å².